The van der Waals surface area contributed by atoms with Crippen LogP contribution in [-0.4, -0.2) is 13.4 Å². The molecule has 0 spiro atoms. The molecule has 1 aliphatic rings. The lowest BCUT2D eigenvalue weighted by molar-refractivity contribution is -0.710. The minimum absolute atomic E-state index is 1.14. The third kappa shape index (κ3) is 1.95. The molecule has 1 unspecified atom stereocenters. The maximum absolute atomic E-state index is 4.25. The summed E-state index contributed by atoms with van der Waals surface area (Å²) in [4.78, 5) is 5.54. The molecule has 0 aromatic heterocycles. The summed E-state index contributed by atoms with van der Waals surface area (Å²) in [6.07, 6.45) is 7.76. The summed E-state index contributed by atoms with van der Waals surface area (Å²) in [7, 11) is 2.09. The van der Waals surface area contributed by atoms with E-state index in [2.05, 4.69) is 25.2 Å². The fraction of sp³-hybridized carbons (Fsp3) is 0.625. The Bertz CT molecular complexity index is 159. The van der Waals surface area contributed by atoms with Crippen LogP contribution < -0.4 is 4.90 Å². The molecule has 0 saturated carbocycles. The molecule has 0 radical (unpaired) electrons. The summed E-state index contributed by atoms with van der Waals surface area (Å²) >= 11 is 0. The maximum atomic E-state index is 4.25. The second kappa shape index (κ2) is 3.52. The van der Waals surface area contributed by atoms with Gasteiger partial charge in [0.1, 0.15) is 6.20 Å². The SMILES string of the molecule is CCCCC1=C[NH+](C)C=N1. The first kappa shape index (κ1) is 7.48. The molecule has 0 saturated heterocycles. The van der Waals surface area contributed by atoms with E-state index in [0.29, 0.717) is 0 Å². The minimum Gasteiger partial charge on any atom is -0.267 e. The van der Waals surface area contributed by atoms with E-state index in [1.165, 1.54) is 23.4 Å². The molecule has 56 valence electrons. The van der Waals surface area contributed by atoms with Gasteiger partial charge >= 0.3 is 0 Å². The normalized spacial score (nSPS) is 23.4. The van der Waals surface area contributed by atoms with Crippen molar-refractivity contribution in [2.75, 3.05) is 7.05 Å². The number of allylic oxidation sites excluding steroid dienone is 1. The van der Waals surface area contributed by atoms with Gasteiger partial charge in [0.2, 0.25) is 0 Å². The van der Waals surface area contributed by atoms with Gasteiger partial charge in [0.15, 0.2) is 6.34 Å². The van der Waals surface area contributed by atoms with Crippen molar-refractivity contribution in [2.24, 2.45) is 4.99 Å². The standard InChI is InChI=1S/C8H14N2/c1-3-4-5-8-6-10(2)7-9-8/h6-7H,3-5H2,1-2H3/p+1. The predicted octanol–water partition coefficient (Wildman–Crippen LogP) is 0.575. The fourth-order valence-electron chi connectivity index (χ4n) is 1.02. The number of rotatable bonds is 3. The molecule has 2 nitrogen and oxygen atoms in total. The molecule has 0 amide bonds. The summed E-state index contributed by atoms with van der Waals surface area (Å²) in [6, 6.07) is 0. The molecule has 1 N–H and O–H groups in total. The van der Waals surface area contributed by atoms with Crippen molar-refractivity contribution in [1.29, 1.82) is 0 Å². The van der Waals surface area contributed by atoms with E-state index in [1.807, 2.05) is 6.34 Å². The summed E-state index contributed by atoms with van der Waals surface area (Å²) in [5.41, 5.74) is 1.25. The highest BCUT2D eigenvalue weighted by molar-refractivity contribution is 5.49. The van der Waals surface area contributed by atoms with Gasteiger partial charge in [-0.05, 0) is 12.8 Å². The number of hydrogen-bond acceptors (Lipinski definition) is 1. The molecule has 2 heteroatoms. The molecule has 0 fully saturated rings. The molecule has 0 aromatic rings. The predicted molar refractivity (Wildman–Crippen MR) is 43.0 cm³/mol. The second-order valence-electron chi connectivity index (χ2n) is 2.74. The van der Waals surface area contributed by atoms with Crippen LogP contribution in [0.1, 0.15) is 26.2 Å². The van der Waals surface area contributed by atoms with E-state index < -0.39 is 0 Å². The first-order valence-electron chi connectivity index (χ1n) is 3.91. The van der Waals surface area contributed by atoms with Crippen LogP contribution in [0.4, 0.5) is 0 Å². The van der Waals surface area contributed by atoms with Crippen LogP contribution in [0.3, 0.4) is 0 Å². The number of aliphatic imine (C=N–C) groups is 1. The van der Waals surface area contributed by atoms with Crippen LogP contribution in [-0.2, 0) is 0 Å². The Morgan fingerprint density at radius 1 is 1.60 bits per heavy atom. The number of nitrogens with one attached hydrogen (secondary N) is 1. The Morgan fingerprint density at radius 3 is 2.90 bits per heavy atom. The van der Waals surface area contributed by atoms with Crippen molar-refractivity contribution in [2.45, 2.75) is 26.2 Å². The molecule has 1 rings (SSSR count). The fourth-order valence-corrected chi connectivity index (χ4v) is 1.02. The van der Waals surface area contributed by atoms with Crippen molar-refractivity contribution >= 4 is 6.34 Å². The zero-order chi connectivity index (χ0) is 7.40. The molecular formula is C8H15N2+. The van der Waals surface area contributed by atoms with Crippen molar-refractivity contribution in [3.05, 3.63) is 11.9 Å². The average Bonchev–Trinajstić information content (AvgIpc) is 2.31. The summed E-state index contributed by atoms with van der Waals surface area (Å²) in [6.45, 7) is 2.20. The van der Waals surface area contributed by atoms with E-state index in [-0.39, 0.29) is 0 Å². The lowest BCUT2D eigenvalue weighted by atomic mass is 10.2. The Morgan fingerprint density at radius 2 is 2.40 bits per heavy atom. The third-order valence-electron chi connectivity index (χ3n) is 1.61. The molecule has 0 bridgehead atoms. The van der Waals surface area contributed by atoms with Crippen LogP contribution in [0.2, 0.25) is 0 Å². The third-order valence-corrected chi connectivity index (χ3v) is 1.61. The number of quaternary nitrogens is 1. The van der Waals surface area contributed by atoms with E-state index in [1.54, 1.807) is 0 Å². The van der Waals surface area contributed by atoms with Gasteiger partial charge in [-0.1, -0.05) is 13.3 Å². The first-order valence-corrected chi connectivity index (χ1v) is 3.91. The van der Waals surface area contributed by atoms with Crippen LogP contribution >= 0.6 is 0 Å². The van der Waals surface area contributed by atoms with Gasteiger partial charge in [-0.15, -0.1) is 0 Å². The smallest absolute Gasteiger partial charge is 0.193 e. The van der Waals surface area contributed by atoms with E-state index in [9.17, 15) is 0 Å². The van der Waals surface area contributed by atoms with E-state index in [0.717, 1.165) is 6.42 Å². The summed E-state index contributed by atoms with van der Waals surface area (Å²) in [5.74, 6) is 0. The van der Waals surface area contributed by atoms with Crippen LogP contribution in [0.25, 0.3) is 0 Å². The number of hydrogen-bond donors (Lipinski definition) is 1. The van der Waals surface area contributed by atoms with Gasteiger partial charge < -0.3 is 0 Å². The molecule has 0 aliphatic carbocycles. The second-order valence-corrected chi connectivity index (χ2v) is 2.74. The zero-order valence-corrected chi connectivity index (χ0v) is 6.72. The Kier molecular flexibility index (Phi) is 2.63. The van der Waals surface area contributed by atoms with Gasteiger partial charge in [-0.3, -0.25) is 4.90 Å². The van der Waals surface area contributed by atoms with Gasteiger partial charge in [-0.2, -0.15) is 0 Å². The van der Waals surface area contributed by atoms with Crippen molar-refractivity contribution < 1.29 is 4.90 Å². The lowest BCUT2D eigenvalue weighted by Gasteiger charge is -1.92. The van der Waals surface area contributed by atoms with Crippen molar-refractivity contribution in [3.8, 4) is 0 Å². The molecular weight excluding hydrogens is 124 g/mol. The Balaban J connectivity index is 2.30. The molecule has 10 heavy (non-hydrogen) atoms. The summed E-state index contributed by atoms with van der Waals surface area (Å²) < 4.78 is 0. The molecule has 1 atom stereocenters. The summed E-state index contributed by atoms with van der Waals surface area (Å²) in [5, 5.41) is 0. The monoisotopic (exact) mass is 139 g/mol. The van der Waals surface area contributed by atoms with Crippen molar-refractivity contribution in [1.82, 2.24) is 0 Å². The maximum Gasteiger partial charge on any atom is 0.193 e. The van der Waals surface area contributed by atoms with Gasteiger partial charge in [0.05, 0.1) is 12.7 Å². The van der Waals surface area contributed by atoms with Gasteiger partial charge in [0.25, 0.3) is 0 Å². The average molecular weight is 139 g/mol. The minimum atomic E-state index is 1.14. The lowest BCUT2D eigenvalue weighted by Crippen LogP contribution is -3.02. The molecule has 1 heterocycles. The first-order chi connectivity index (χ1) is 4.83. The topological polar surface area (TPSA) is 16.8 Å². The van der Waals surface area contributed by atoms with E-state index >= 15 is 0 Å². The number of nitrogens with zero attached hydrogens (tertiary/aromatic N) is 1. The zero-order valence-electron chi connectivity index (χ0n) is 6.72. The Hall–Kier alpha value is -0.630. The van der Waals surface area contributed by atoms with Crippen molar-refractivity contribution in [3.63, 3.8) is 0 Å². The highest BCUT2D eigenvalue weighted by atomic mass is 15.1. The molecule has 0 aromatic carbocycles. The molecule has 1 aliphatic heterocycles. The number of unbranched alkanes of at least 4 members (excludes halogenated alkanes) is 1. The van der Waals surface area contributed by atoms with Crippen LogP contribution in [0.5, 0.6) is 0 Å². The highest BCUT2D eigenvalue weighted by Crippen LogP contribution is 2.07. The van der Waals surface area contributed by atoms with Crippen LogP contribution in [0.15, 0.2) is 16.9 Å². The van der Waals surface area contributed by atoms with Gasteiger partial charge in [0, 0.05) is 0 Å². The van der Waals surface area contributed by atoms with E-state index in [4.69, 9.17) is 0 Å². The van der Waals surface area contributed by atoms with Crippen LogP contribution in [0, 0.1) is 0 Å². The Labute approximate surface area is 62.3 Å². The largest absolute Gasteiger partial charge is 0.267 e. The van der Waals surface area contributed by atoms with Gasteiger partial charge in [-0.25, -0.2) is 4.99 Å². The highest BCUT2D eigenvalue weighted by Gasteiger charge is 2.05. The quantitative estimate of drug-likeness (QED) is 0.589.